The third-order valence-corrected chi connectivity index (χ3v) is 6.60. The van der Waals surface area contributed by atoms with Crippen molar-refractivity contribution in [1.29, 1.82) is 0 Å². The number of nitrogens with zero attached hydrogens (tertiary/aromatic N) is 2. The number of halogens is 4. The van der Waals surface area contributed by atoms with Crippen molar-refractivity contribution in [2.45, 2.75) is 39.0 Å². The van der Waals surface area contributed by atoms with Gasteiger partial charge in [0.15, 0.2) is 0 Å². The fourth-order valence-corrected chi connectivity index (χ4v) is 4.59. The molecule has 0 bridgehead atoms. The zero-order valence-electron chi connectivity index (χ0n) is 19.5. The molecule has 0 saturated heterocycles. The van der Waals surface area contributed by atoms with Crippen LogP contribution in [0, 0.1) is 0 Å². The predicted octanol–water partition coefficient (Wildman–Crippen LogP) is 4.07. The molecule has 1 atom stereocenters. The average molecular weight is 534 g/mol. The van der Waals surface area contributed by atoms with Crippen LogP contribution in [-0.4, -0.2) is 50.5 Å². The highest BCUT2D eigenvalue weighted by Crippen LogP contribution is 2.36. The van der Waals surface area contributed by atoms with Gasteiger partial charge in [0.1, 0.15) is 12.6 Å². The Balaban J connectivity index is 2.52. The molecular formula is C23H27ClF3N3O4S. The van der Waals surface area contributed by atoms with Gasteiger partial charge in [0, 0.05) is 13.1 Å². The van der Waals surface area contributed by atoms with E-state index >= 15 is 0 Å². The molecule has 0 aromatic heterocycles. The second-order valence-corrected chi connectivity index (χ2v) is 10.1. The number of anilines is 1. The van der Waals surface area contributed by atoms with E-state index in [-0.39, 0.29) is 18.0 Å². The van der Waals surface area contributed by atoms with Gasteiger partial charge in [-0.25, -0.2) is 8.42 Å². The summed E-state index contributed by atoms with van der Waals surface area (Å²) >= 11 is 6.06. The monoisotopic (exact) mass is 533 g/mol. The fourth-order valence-electron chi connectivity index (χ4n) is 3.47. The van der Waals surface area contributed by atoms with Gasteiger partial charge in [0.2, 0.25) is 21.8 Å². The molecule has 35 heavy (non-hydrogen) atoms. The molecule has 0 aliphatic carbocycles. The van der Waals surface area contributed by atoms with E-state index in [1.165, 1.54) is 4.90 Å². The fraction of sp³-hybridized carbons (Fsp3) is 0.391. The number of nitrogens with one attached hydrogen (secondary N) is 1. The van der Waals surface area contributed by atoms with Crippen molar-refractivity contribution in [3.05, 3.63) is 64.7 Å². The summed E-state index contributed by atoms with van der Waals surface area (Å²) in [6.45, 7) is 2.88. The molecule has 0 fully saturated rings. The molecule has 2 aromatic carbocycles. The minimum Gasteiger partial charge on any atom is -0.355 e. The van der Waals surface area contributed by atoms with Gasteiger partial charge in [0.25, 0.3) is 0 Å². The molecule has 0 heterocycles. The number of hydrogen-bond acceptors (Lipinski definition) is 4. The smallest absolute Gasteiger partial charge is 0.355 e. The molecule has 7 nitrogen and oxygen atoms in total. The van der Waals surface area contributed by atoms with Gasteiger partial charge in [-0.2, -0.15) is 13.2 Å². The standard InChI is InChI=1S/C23H27ClF3N3O4S/c1-4-19(22(32)28-5-2)29(14-16-9-7-6-8-10-16)21(31)15-30(35(3,33)34)20-13-17(23(25,26)27)11-12-18(20)24/h6-13,19H,4-5,14-15H2,1-3H3,(H,28,32)/t19-/m0/s1. The number of benzene rings is 2. The van der Waals surface area contributed by atoms with Crippen LogP contribution < -0.4 is 9.62 Å². The van der Waals surface area contributed by atoms with Gasteiger partial charge in [-0.1, -0.05) is 48.9 Å². The Hall–Kier alpha value is -2.79. The third-order valence-electron chi connectivity index (χ3n) is 5.15. The number of hydrogen-bond donors (Lipinski definition) is 1. The van der Waals surface area contributed by atoms with Crippen LogP contribution in [0.3, 0.4) is 0 Å². The molecule has 12 heteroatoms. The van der Waals surface area contributed by atoms with Crippen molar-refractivity contribution < 1.29 is 31.2 Å². The summed E-state index contributed by atoms with van der Waals surface area (Å²) in [5.41, 5.74) is -0.914. The molecule has 0 aliphatic rings. The molecule has 0 radical (unpaired) electrons. The first-order valence-corrected chi connectivity index (χ1v) is 13.0. The van der Waals surface area contributed by atoms with Crippen molar-refractivity contribution in [2.75, 3.05) is 23.7 Å². The zero-order chi connectivity index (χ0) is 26.4. The lowest BCUT2D eigenvalue weighted by molar-refractivity contribution is -0.140. The molecule has 2 aromatic rings. The van der Waals surface area contributed by atoms with Crippen molar-refractivity contribution in [2.24, 2.45) is 0 Å². The summed E-state index contributed by atoms with van der Waals surface area (Å²) in [5, 5.41) is 2.38. The first-order valence-electron chi connectivity index (χ1n) is 10.7. The molecular weight excluding hydrogens is 507 g/mol. The first-order chi connectivity index (χ1) is 16.3. The molecule has 0 aliphatic heterocycles. The van der Waals surface area contributed by atoms with Crippen molar-refractivity contribution >= 4 is 39.1 Å². The van der Waals surface area contributed by atoms with E-state index in [1.807, 2.05) is 0 Å². The van der Waals surface area contributed by atoms with Crippen molar-refractivity contribution in [1.82, 2.24) is 10.2 Å². The van der Waals surface area contributed by atoms with E-state index in [2.05, 4.69) is 5.32 Å². The molecule has 1 N–H and O–H groups in total. The van der Waals surface area contributed by atoms with Gasteiger partial charge in [-0.05, 0) is 37.1 Å². The first kappa shape index (κ1) is 28.4. The number of carbonyl (C=O) groups is 2. The highest BCUT2D eigenvalue weighted by molar-refractivity contribution is 7.92. The maximum Gasteiger partial charge on any atom is 0.416 e. The number of likely N-dealkylation sites (N-methyl/N-ethyl adjacent to an activating group) is 1. The highest BCUT2D eigenvalue weighted by Gasteiger charge is 2.35. The van der Waals surface area contributed by atoms with Gasteiger partial charge in [-0.3, -0.25) is 13.9 Å². The summed E-state index contributed by atoms with van der Waals surface area (Å²) in [5.74, 6) is -1.20. The molecule has 2 amide bonds. The van der Waals surface area contributed by atoms with E-state index in [0.29, 0.717) is 22.5 Å². The number of carbonyl (C=O) groups excluding carboxylic acids is 2. The van der Waals surface area contributed by atoms with E-state index < -0.39 is 51.9 Å². The predicted molar refractivity (Wildman–Crippen MR) is 128 cm³/mol. The van der Waals surface area contributed by atoms with Gasteiger partial charge in [-0.15, -0.1) is 0 Å². The summed E-state index contributed by atoms with van der Waals surface area (Å²) in [7, 11) is -4.23. The van der Waals surface area contributed by atoms with E-state index in [0.717, 1.165) is 18.4 Å². The van der Waals surface area contributed by atoms with E-state index in [1.54, 1.807) is 44.2 Å². The molecule has 0 spiro atoms. The second kappa shape index (κ2) is 11.8. The lowest BCUT2D eigenvalue weighted by Crippen LogP contribution is -2.52. The Morgan fingerprint density at radius 1 is 1.09 bits per heavy atom. The molecule has 0 unspecified atom stereocenters. The maximum atomic E-state index is 13.5. The Morgan fingerprint density at radius 3 is 2.23 bits per heavy atom. The second-order valence-electron chi connectivity index (χ2n) is 7.76. The van der Waals surface area contributed by atoms with Crippen LogP contribution in [0.15, 0.2) is 48.5 Å². The van der Waals surface area contributed by atoms with E-state index in [9.17, 15) is 31.2 Å². The SMILES string of the molecule is CCNC(=O)[C@H](CC)N(Cc1ccccc1)C(=O)CN(c1cc(C(F)(F)F)ccc1Cl)S(C)(=O)=O. The summed E-state index contributed by atoms with van der Waals surface area (Å²) < 4.78 is 65.5. The highest BCUT2D eigenvalue weighted by atomic mass is 35.5. The largest absolute Gasteiger partial charge is 0.416 e. The number of alkyl halides is 3. The van der Waals surface area contributed by atoms with Gasteiger partial charge >= 0.3 is 6.18 Å². The van der Waals surface area contributed by atoms with Gasteiger partial charge in [0.05, 0.1) is 22.5 Å². The molecule has 0 saturated carbocycles. The number of rotatable bonds is 10. The molecule has 192 valence electrons. The Labute approximate surface area is 207 Å². The average Bonchev–Trinajstić information content (AvgIpc) is 2.77. The topological polar surface area (TPSA) is 86.8 Å². The Kier molecular flexibility index (Phi) is 9.56. The van der Waals surface area contributed by atoms with Crippen LogP contribution in [0.2, 0.25) is 5.02 Å². The van der Waals surface area contributed by atoms with Crippen molar-refractivity contribution in [3.8, 4) is 0 Å². The minimum atomic E-state index is -4.75. The van der Waals surface area contributed by atoms with Gasteiger partial charge < -0.3 is 10.2 Å². The van der Waals surface area contributed by atoms with Crippen LogP contribution in [0.25, 0.3) is 0 Å². The van der Waals surface area contributed by atoms with E-state index in [4.69, 9.17) is 11.6 Å². The number of amides is 2. The van der Waals surface area contributed by atoms with Crippen molar-refractivity contribution in [3.63, 3.8) is 0 Å². The maximum absolute atomic E-state index is 13.5. The van der Waals surface area contributed by atoms with Crippen LogP contribution in [-0.2, 0) is 32.3 Å². The molecule has 2 rings (SSSR count). The van der Waals surface area contributed by atoms with Crippen LogP contribution in [0.4, 0.5) is 18.9 Å². The summed E-state index contributed by atoms with van der Waals surface area (Å²) in [4.78, 5) is 27.4. The number of sulfonamides is 1. The minimum absolute atomic E-state index is 0.0107. The Bertz CT molecular complexity index is 1140. The Morgan fingerprint density at radius 2 is 1.71 bits per heavy atom. The summed E-state index contributed by atoms with van der Waals surface area (Å²) in [6, 6.07) is 10.0. The third kappa shape index (κ3) is 7.60. The van der Waals surface area contributed by atoms with Crippen LogP contribution in [0.5, 0.6) is 0 Å². The zero-order valence-corrected chi connectivity index (χ0v) is 21.0. The quantitative estimate of drug-likeness (QED) is 0.499. The van der Waals surface area contributed by atoms with Crippen LogP contribution in [0.1, 0.15) is 31.4 Å². The lowest BCUT2D eigenvalue weighted by Gasteiger charge is -2.33. The van der Waals surface area contributed by atoms with Crippen LogP contribution >= 0.6 is 11.6 Å². The summed E-state index contributed by atoms with van der Waals surface area (Å²) in [6.07, 6.45) is -3.76. The lowest BCUT2D eigenvalue weighted by atomic mass is 10.1. The normalized spacial score (nSPS) is 12.7.